The number of aromatic nitrogens is 5. The molecule has 2 atom stereocenters. The van der Waals surface area contributed by atoms with Crippen molar-refractivity contribution >= 4 is 37.2 Å². The standard InChI is InChI=1S/C27H27F3N6O3S2/c1-41(37,38)26-34-25-23(40-26)22(19-6-3-17(27(28,29)30)12-20(19)35-8-2-9-35)32-24(33-25)15-7-10-39-21(11-15)16-13-31-36(14-16)18-4-5-18/h3,6,12-15,18,21H,2,4-5,7-11H2,1H3/t15-,21+/m1/s1. The van der Waals surface area contributed by atoms with Crippen LogP contribution in [0.15, 0.2) is 34.9 Å². The first-order chi connectivity index (χ1) is 19.5. The van der Waals surface area contributed by atoms with Crippen LogP contribution in [-0.2, 0) is 20.8 Å². The zero-order valence-electron chi connectivity index (χ0n) is 22.1. The third-order valence-corrected chi connectivity index (χ3v) is 10.6. The predicted octanol–water partition coefficient (Wildman–Crippen LogP) is 5.55. The molecule has 5 heterocycles. The zero-order chi connectivity index (χ0) is 28.5. The van der Waals surface area contributed by atoms with Crippen molar-refractivity contribution in [1.29, 1.82) is 0 Å². The topological polar surface area (TPSA) is 103 Å². The van der Waals surface area contributed by atoms with E-state index in [2.05, 4.69) is 10.1 Å². The van der Waals surface area contributed by atoms with Crippen molar-refractivity contribution in [2.75, 3.05) is 30.9 Å². The predicted molar refractivity (Wildman–Crippen MR) is 147 cm³/mol. The van der Waals surface area contributed by atoms with E-state index in [4.69, 9.17) is 14.7 Å². The first-order valence-electron chi connectivity index (χ1n) is 13.6. The van der Waals surface area contributed by atoms with Crippen molar-refractivity contribution in [3.8, 4) is 11.3 Å². The number of alkyl halides is 3. The molecule has 0 spiro atoms. The highest BCUT2D eigenvalue weighted by atomic mass is 32.2. The van der Waals surface area contributed by atoms with E-state index >= 15 is 0 Å². The maximum absolute atomic E-state index is 13.7. The summed E-state index contributed by atoms with van der Waals surface area (Å²) in [6.07, 6.45) is 4.60. The third kappa shape index (κ3) is 5.10. The van der Waals surface area contributed by atoms with Gasteiger partial charge >= 0.3 is 6.18 Å². The van der Waals surface area contributed by atoms with Gasteiger partial charge in [0.05, 0.1) is 29.6 Å². The van der Waals surface area contributed by atoms with Crippen LogP contribution in [-0.4, -0.2) is 59.1 Å². The highest BCUT2D eigenvalue weighted by molar-refractivity contribution is 7.92. The Balaban J connectivity index is 1.33. The second-order valence-corrected chi connectivity index (χ2v) is 14.2. The molecule has 0 N–H and O–H groups in total. The van der Waals surface area contributed by atoms with Crippen LogP contribution in [0.2, 0.25) is 0 Å². The molecule has 14 heteroatoms. The van der Waals surface area contributed by atoms with E-state index < -0.39 is 21.6 Å². The quantitative estimate of drug-likeness (QED) is 0.282. The number of sulfone groups is 1. The van der Waals surface area contributed by atoms with Crippen LogP contribution in [0.25, 0.3) is 21.6 Å². The Bertz CT molecular complexity index is 1740. The molecule has 0 radical (unpaired) electrons. The minimum atomic E-state index is -4.50. The lowest BCUT2D eigenvalue weighted by molar-refractivity contribution is -0.137. The number of benzene rings is 1. The minimum Gasteiger partial charge on any atom is -0.373 e. The van der Waals surface area contributed by atoms with Gasteiger partial charge in [-0.15, -0.1) is 0 Å². The largest absolute Gasteiger partial charge is 0.416 e. The van der Waals surface area contributed by atoms with Gasteiger partial charge in [0.1, 0.15) is 10.5 Å². The lowest BCUT2D eigenvalue weighted by Gasteiger charge is -2.35. The molecule has 1 aliphatic carbocycles. The molecule has 7 rings (SSSR count). The molecule has 0 bridgehead atoms. The van der Waals surface area contributed by atoms with Gasteiger partial charge in [0.2, 0.25) is 14.2 Å². The Labute approximate surface area is 238 Å². The molecule has 216 valence electrons. The summed E-state index contributed by atoms with van der Waals surface area (Å²) in [5, 5.41) is 4.49. The van der Waals surface area contributed by atoms with Crippen LogP contribution in [0.5, 0.6) is 0 Å². The molecule has 1 aromatic carbocycles. The summed E-state index contributed by atoms with van der Waals surface area (Å²) in [4.78, 5) is 15.9. The molecule has 3 aromatic heterocycles. The van der Waals surface area contributed by atoms with Gasteiger partial charge in [-0.3, -0.25) is 4.68 Å². The van der Waals surface area contributed by atoms with Crippen LogP contribution in [0.3, 0.4) is 0 Å². The molecule has 3 fully saturated rings. The molecule has 2 aliphatic heterocycles. The highest BCUT2D eigenvalue weighted by Gasteiger charge is 2.35. The van der Waals surface area contributed by atoms with Crippen molar-refractivity contribution in [2.45, 2.75) is 60.7 Å². The molecule has 0 unspecified atom stereocenters. The SMILES string of the molecule is CS(=O)(=O)c1nc2nc([C@@H]3CCO[C@H](c4cnn(C5CC5)c4)C3)nc(-c3ccc(C(F)(F)F)cc3N3CCC3)c2s1. The number of ether oxygens (including phenoxy) is 1. The molecule has 4 aromatic rings. The average molecular weight is 605 g/mol. The molecule has 41 heavy (non-hydrogen) atoms. The van der Waals surface area contributed by atoms with Crippen molar-refractivity contribution in [1.82, 2.24) is 24.7 Å². The maximum Gasteiger partial charge on any atom is 0.416 e. The van der Waals surface area contributed by atoms with E-state index in [-0.39, 0.29) is 22.0 Å². The van der Waals surface area contributed by atoms with Gasteiger partial charge < -0.3 is 9.64 Å². The number of anilines is 1. The maximum atomic E-state index is 13.7. The van der Waals surface area contributed by atoms with Crippen LogP contribution in [0.1, 0.15) is 67.1 Å². The van der Waals surface area contributed by atoms with Gasteiger partial charge in [0.15, 0.2) is 5.65 Å². The number of hydrogen-bond acceptors (Lipinski definition) is 9. The van der Waals surface area contributed by atoms with Crippen LogP contribution >= 0.6 is 11.3 Å². The fourth-order valence-corrected chi connectivity index (χ4v) is 7.24. The Morgan fingerprint density at radius 3 is 2.59 bits per heavy atom. The average Bonchev–Trinajstić information content (AvgIpc) is 3.45. The van der Waals surface area contributed by atoms with Gasteiger partial charge in [-0.2, -0.15) is 18.3 Å². The summed E-state index contributed by atoms with van der Waals surface area (Å²) in [6.45, 7) is 1.73. The van der Waals surface area contributed by atoms with Gasteiger partial charge in [-0.25, -0.2) is 23.4 Å². The van der Waals surface area contributed by atoms with Crippen LogP contribution < -0.4 is 4.90 Å². The molecule has 9 nitrogen and oxygen atoms in total. The van der Waals surface area contributed by atoms with Crippen molar-refractivity contribution in [3.05, 3.63) is 47.5 Å². The number of fused-ring (bicyclic) bond motifs is 1. The van der Waals surface area contributed by atoms with Crippen LogP contribution in [0.4, 0.5) is 18.9 Å². The van der Waals surface area contributed by atoms with Gasteiger partial charge in [-0.1, -0.05) is 17.4 Å². The molecular formula is C27H27F3N6O3S2. The van der Waals surface area contributed by atoms with E-state index in [9.17, 15) is 21.6 Å². The number of hydrogen-bond donors (Lipinski definition) is 0. The third-order valence-electron chi connectivity index (χ3n) is 7.91. The smallest absolute Gasteiger partial charge is 0.373 e. The monoisotopic (exact) mass is 604 g/mol. The van der Waals surface area contributed by atoms with Crippen molar-refractivity contribution < 1.29 is 26.3 Å². The number of rotatable bonds is 6. The molecule has 2 saturated heterocycles. The Hall–Kier alpha value is -3.10. The number of nitrogens with zero attached hydrogens (tertiary/aromatic N) is 6. The van der Waals surface area contributed by atoms with E-state index in [0.29, 0.717) is 66.0 Å². The second kappa shape index (κ2) is 9.73. The fourth-order valence-electron chi connectivity index (χ4n) is 5.39. The Kier molecular flexibility index (Phi) is 6.36. The van der Waals surface area contributed by atoms with E-state index in [1.54, 1.807) is 0 Å². The second-order valence-electron chi connectivity index (χ2n) is 11.0. The van der Waals surface area contributed by atoms with Crippen LogP contribution in [0, 0.1) is 0 Å². The summed E-state index contributed by atoms with van der Waals surface area (Å²) in [5.74, 6) is 0.363. The first-order valence-corrected chi connectivity index (χ1v) is 16.3. The van der Waals surface area contributed by atoms with Gasteiger partial charge in [-0.05, 0) is 44.2 Å². The summed E-state index contributed by atoms with van der Waals surface area (Å²) >= 11 is 0.945. The lowest BCUT2D eigenvalue weighted by Crippen LogP contribution is -2.37. The van der Waals surface area contributed by atoms with Gasteiger partial charge in [0, 0.05) is 54.9 Å². The molecule has 0 amide bonds. The summed E-state index contributed by atoms with van der Waals surface area (Å²) in [5.41, 5.74) is 1.80. The van der Waals surface area contributed by atoms with E-state index in [1.807, 2.05) is 22.0 Å². The highest BCUT2D eigenvalue weighted by Crippen LogP contribution is 2.44. The molecule has 1 saturated carbocycles. The zero-order valence-corrected chi connectivity index (χ0v) is 23.8. The van der Waals surface area contributed by atoms with E-state index in [0.717, 1.165) is 54.6 Å². The summed E-state index contributed by atoms with van der Waals surface area (Å²) < 4.78 is 74.2. The van der Waals surface area contributed by atoms with Gasteiger partial charge in [0.25, 0.3) is 0 Å². The Morgan fingerprint density at radius 2 is 1.90 bits per heavy atom. The first kappa shape index (κ1) is 26.8. The molecular weight excluding hydrogens is 577 g/mol. The summed E-state index contributed by atoms with van der Waals surface area (Å²) in [6, 6.07) is 4.09. The van der Waals surface area contributed by atoms with E-state index in [1.165, 1.54) is 6.07 Å². The van der Waals surface area contributed by atoms with Crippen molar-refractivity contribution in [3.63, 3.8) is 0 Å². The Morgan fingerprint density at radius 1 is 1.10 bits per heavy atom. The number of thiazole rings is 1. The van der Waals surface area contributed by atoms with Crippen molar-refractivity contribution in [2.24, 2.45) is 0 Å². The molecule has 3 aliphatic rings. The fraction of sp³-hybridized carbons (Fsp3) is 0.481. The normalized spacial score (nSPS) is 21.8. The number of halogens is 3. The lowest BCUT2D eigenvalue weighted by atomic mass is 9.92. The summed E-state index contributed by atoms with van der Waals surface area (Å²) in [7, 11) is -3.64. The minimum absolute atomic E-state index is 0.102.